The summed E-state index contributed by atoms with van der Waals surface area (Å²) in [5.41, 5.74) is 0. The van der Waals surface area contributed by atoms with Gasteiger partial charge in [-0.15, -0.1) is 0 Å². The van der Waals surface area contributed by atoms with Crippen molar-refractivity contribution in [2.75, 3.05) is 26.3 Å². The second-order valence-corrected chi connectivity index (χ2v) is 4.56. The van der Waals surface area contributed by atoms with Gasteiger partial charge in [0, 0.05) is 13.2 Å². The molecular weight excluding hydrogens is 240 g/mol. The van der Waals surface area contributed by atoms with Crippen LogP contribution < -0.4 is 5.32 Å². The number of nitrogens with zero attached hydrogens (tertiary/aromatic N) is 1. The number of carboxylic acids is 1. The van der Waals surface area contributed by atoms with Crippen molar-refractivity contribution in [2.24, 2.45) is 0 Å². The minimum atomic E-state index is -1.04. The van der Waals surface area contributed by atoms with Crippen LogP contribution in [0.1, 0.15) is 13.3 Å². The number of nitrogens with one attached hydrogen (secondary N) is 1. The molecule has 2 heterocycles. The molecule has 0 aromatic carbocycles. The van der Waals surface area contributed by atoms with E-state index in [1.165, 1.54) is 4.90 Å². The molecule has 0 aromatic heterocycles. The van der Waals surface area contributed by atoms with Crippen molar-refractivity contribution in [1.29, 1.82) is 0 Å². The van der Waals surface area contributed by atoms with Gasteiger partial charge in [0.25, 0.3) is 0 Å². The van der Waals surface area contributed by atoms with Crippen LogP contribution in [0.15, 0.2) is 0 Å². The van der Waals surface area contributed by atoms with Crippen LogP contribution in [-0.2, 0) is 14.3 Å². The number of rotatable bonds is 2. The first kappa shape index (κ1) is 13.1. The Kier molecular flexibility index (Phi) is 4.03. The molecule has 7 heteroatoms. The Labute approximate surface area is 105 Å². The van der Waals surface area contributed by atoms with E-state index in [2.05, 4.69) is 5.32 Å². The van der Waals surface area contributed by atoms with Gasteiger partial charge in [-0.3, -0.25) is 0 Å². The Morgan fingerprint density at radius 1 is 1.33 bits per heavy atom. The van der Waals surface area contributed by atoms with Gasteiger partial charge < -0.3 is 24.8 Å². The fourth-order valence-corrected chi connectivity index (χ4v) is 2.15. The molecular formula is C11H18N2O5. The molecule has 0 bridgehead atoms. The molecule has 0 aromatic rings. The summed E-state index contributed by atoms with van der Waals surface area (Å²) in [6.45, 7) is 3.31. The normalized spacial score (nSPS) is 32.3. The van der Waals surface area contributed by atoms with Crippen LogP contribution in [0.3, 0.4) is 0 Å². The largest absolute Gasteiger partial charge is 0.479 e. The summed E-state index contributed by atoms with van der Waals surface area (Å²) in [5, 5.41) is 11.7. The molecule has 0 aliphatic carbocycles. The zero-order valence-electron chi connectivity index (χ0n) is 10.3. The van der Waals surface area contributed by atoms with Crippen LogP contribution in [0.25, 0.3) is 0 Å². The van der Waals surface area contributed by atoms with Crippen LogP contribution in [0, 0.1) is 0 Å². The Bertz CT molecular complexity index is 335. The first-order chi connectivity index (χ1) is 8.58. The smallest absolute Gasteiger partial charge is 0.334 e. The summed E-state index contributed by atoms with van der Waals surface area (Å²) in [6.07, 6.45) is -0.133. The predicted octanol–water partition coefficient (Wildman–Crippen LogP) is -0.341. The first-order valence-corrected chi connectivity index (χ1v) is 6.09. The molecule has 2 N–H and O–H groups in total. The molecule has 3 unspecified atom stereocenters. The van der Waals surface area contributed by atoms with E-state index in [4.69, 9.17) is 14.6 Å². The SMILES string of the molecule is CC1OCCC1NC(=O)N1CCOC(C(=O)O)C1. The van der Waals surface area contributed by atoms with Crippen LogP contribution in [0.5, 0.6) is 0 Å². The highest BCUT2D eigenvalue weighted by atomic mass is 16.5. The lowest BCUT2D eigenvalue weighted by atomic mass is 10.1. The van der Waals surface area contributed by atoms with Crippen LogP contribution >= 0.6 is 0 Å². The Morgan fingerprint density at radius 3 is 2.72 bits per heavy atom. The highest BCUT2D eigenvalue weighted by Gasteiger charge is 2.32. The number of carbonyl (C=O) groups excluding carboxylic acids is 1. The van der Waals surface area contributed by atoms with E-state index in [0.29, 0.717) is 13.2 Å². The number of carbonyl (C=O) groups is 2. The number of carboxylic acid groups (broad SMARTS) is 1. The van der Waals surface area contributed by atoms with Gasteiger partial charge in [0.05, 0.1) is 25.3 Å². The van der Waals surface area contributed by atoms with Gasteiger partial charge in [0.1, 0.15) is 0 Å². The van der Waals surface area contributed by atoms with Gasteiger partial charge >= 0.3 is 12.0 Å². The Hall–Kier alpha value is -1.34. The third-order valence-electron chi connectivity index (χ3n) is 3.31. The quantitative estimate of drug-likeness (QED) is 0.707. The Morgan fingerprint density at radius 2 is 2.11 bits per heavy atom. The van der Waals surface area contributed by atoms with Crippen molar-refractivity contribution in [2.45, 2.75) is 31.6 Å². The third kappa shape index (κ3) is 2.91. The summed E-state index contributed by atoms with van der Waals surface area (Å²) in [5.74, 6) is -1.04. The second kappa shape index (κ2) is 5.53. The molecule has 3 atom stereocenters. The molecule has 2 amide bonds. The van der Waals surface area contributed by atoms with Crippen LogP contribution in [0.2, 0.25) is 0 Å². The third-order valence-corrected chi connectivity index (χ3v) is 3.31. The number of aliphatic carboxylic acids is 1. The number of hydrogen-bond donors (Lipinski definition) is 2. The van der Waals surface area contributed by atoms with E-state index in [-0.39, 0.29) is 31.3 Å². The van der Waals surface area contributed by atoms with E-state index >= 15 is 0 Å². The van der Waals surface area contributed by atoms with Gasteiger partial charge in [-0.2, -0.15) is 0 Å². The molecule has 102 valence electrons. The summed E-state index contributed by atoms with van der Waals surface area (Å²) in [6, 6.07) is -0.240. The van der Waals surface area contributed by atoms with E-state index in [1.807, 2.05) is 6.92 Å². The first-order valence-electron chi connectivity index (χ1n) is 6.09. The van der Waals surface area contributed by atoms with Gasteiger partial charge in [0.15, 0.2) is 6.10 Å². The van der Waals surface area contributed by atoms with Crippen molar-refractivity contribution in [3.05, 3.63) is 0 Å². The number of hydrogen-bond acceptors (Lipinski definition) is 4. The average molecular weight is 258 g/mol. The number of ether oxygens (including phenoxy) is 2. The van der Waals surface area contributed by atoms with Crippen molar-refractivity contribution in [3.8, 4) is 0 Å². The standard InChI is InChI=1S/C11H18N2O5/c1-7-8(2-4-17-7)12-11(16)13-3-5-18-9(6-13)10(14)15/h7-9H,2-6H2,1H3,(H,12,16)(H,14,15). The molecule has 0 saturated carbocycles. The number of morpholine rings is 1. The highest BCUT2D eigenvalue weighted by Crippen LogP contribution is 2.13. The van der Waals surface area contributed by atoms with Crippen molar-refractivity contribution in [3.63, 3.8) is 0 Å². The fourth-order valence-electron chi connectivity index (χ4n) is 2.15. The summed E-state index contributed by atoms with van der Waals surface area (Å²) >= 11 is 0. The number of amides is 2. The molecule has 0 spiro atoms. The van der Waals surface area contributed by atoms with Crippen molar-refractivity contribution >= 4 is 12.0 Å². The molecule has 2 rings (SSSR count). The van der Waals surface area contributed by atoms with Gasteiger partial charge in [0.2, 0.25) is 0 Å². The van der Waals surface area contributed by atoms with Crippen LogP contribution in [-0.4, -0.2) is 66.6 Å². The van der Waals surface area contributed by atoms with E-state index in [0.717, 1.165) is 6.42 Å². The van der Waals surface area contributed by atoms with Gasteiger partial charge in [-0.1, -0.05) is 0 Å². The maximum absolute atomic E-state index is 12.0. The van der Waals surface area contributed by atoms with Gasteiger partial charge in [-0.25, -0.2) is 9.59 Å². The van der Waals surface area contributed by atoms with Crippen molar-refractivity contribution in [1.82, 2.24) is 10.2 Å². The molecule has 2 fully saturated rings. The van der Waals surface area contributed by atoms with E-state index < -0.39 is 12.1 Å². The van der Waals surface area contributed by atoms with Crippen molar-refractivity contribution < 1.29 is 24.2 Å². The maximum atomic E-state index is 12.0. The molecule has 0 radical (unpaired) electrons. The minimum absolute atomic E-state index is 0.00335. The lowest BCUT2D eigenvalue weighted by Crippen LogP contribution is -2.54. The maximum Gasteiger partial charge on any atom is 0.334 e. The zero-order chi connectivity index (χ0) is 13.1. The highest BCUT2D eigenvalue weighted by molar-refractivity contribution is 5.77. The minimum Gasteiger partial charge on any atom is -0.479 e. The predicted molar refractivity (Wildman–Crippen MR) is 61.3 cm³/mol. The molecule has 2 aliphatic heterocycles. The fraction of sp³-hybridized carbons (Fsp3) is 0.818. The summed E-state index contributed by atoms with van der Waals surface area (Å²) in [7, 11) is 0. The van der Waals surface area contributed by atoms with Crippen LogP contribution in [0.4, 0.5) is 4.79 Å². The van der Waals surface area contributed by atoms with Gasteiger partial charge in [-0.05, 0) is 13.3 Å². The van der Waals surface area contributed by atoms with E-state index in [1.54, 1.807) is 0 Å². The molecule has 7 nitrogen and oxygen atoms in total. The monoisotopic (exact) mass is 258 g/mol. The topological polar surface area (TPSA) is 88.1 Å². The summed E-state index contributed by atoms with van der Waals surface area (Å²) < 4.78 is 10.4. The second-order valence-electron chi connectivity index (χ2n) is 4.56. The molecule has 2 aliphatic rings. The molecule has 18 heavy (non-hydrogen) atoms. The average Bonchev–Trinajstić information content (AvgIpc) is 2.75. The van der Waals surface area contributed by atoms with E-state index in [9.17, 15) is 9.59 Å². The summed E-state index contributed by atoms with van der Waals surface area (Å²) in [4.78, 5) is 24.3. The lowest BCUT2D eigenvalue weighted by molar-refractivity contribution is -0.154. The lowest BCUT2D eigenvalue weighted by Gasteiger charge is -2.32. The molecule has 2 saturated heterocycles. The Balaban J connectivity index is 1.86. The zero-order valence-corrected chi connectivity index (χ0v) is 10.3. The number of urea groups is 1.